The van der Waals surface area contributed by atoms with Gasteiger partial charge in [-0.2, -0.15) is 0 Å². The highest BCUT2D eigenvalue weighted by atomic mass is 35.5. The van der Waals surface area contributed by atoms with Crippen LogP contribution in [0.1, 0.15) is 12.8 Å². The zero-order valence-corrected chi connectivity index (χ0v) is 11.6. The number of rotatable bonds is 6. The van der Waals surface area contributed by atoms with E-state index in [1.807, 2.05) is 29.0 Å². The summed E-state index contributed by atoms with van der Waals surface area (Å²) < 4.78 is 1.83. The zero-order valence-electron chi connectivity index (χ0n) is 10.8. The van der Waals surface area contributed by atoms with Gasteiger partial charge in [-0.15, -0.1) is 0 Å². The maximum Gasteiger partial charge on any atom is 0.303 e. The van der Waals surface area contributed by atoms with E-state index in [0.29, 0.717) is 18.0 Å². The Kier molecular flexibility index (Phi) is 4.63. The Labute approximate surface area is 121 Å². The average molecular weight is 295 g/mol. The quantitative estimate of drug-likeness (QED) is 0.803. The number of hydrogen-bond donors (Lipinski definition) is 2. The fourth-order valence-corrected chi connectivity index (χ4v) is 2.17. The molecule has 0 bridgehead atoms. The van der Waals surface area contributed by atoms with E-state index in [1.54, 1.807) is 6.07 Å². The SMILES string of the molecule is O=C(O)CCCNC(=O)Cn1ccc2cc(Cl)ccc21. The van der Waals surface area contributed by atoms with Gasteiger partial charge in [0.25, 0.3) is 0 Å². The highest BCUT2D eigenvalue weighted by molar-refractivity contribution is 6.31. The van der Waals surface area contributed by atoms with Crippen molar-refractivity contribution in [3.05, 3.63) is 35.5 Å². The number of carbonyl (C=O) groups is 2. The highest BCUT2D eigenvalue weighted by Gasteiger charge is 2.06. The summed E-state index contributed by atoms with van der Waals surface area (Å²) in [6.45, 7) is 0.578. The number of carboxylic acid groups (broad SMARTS) is 1. The molecule has 0 saturated heterocycles. The Balaban J connectivity index is 1.91. The van der Waals surface area contributed by atoms with E-state index in [1.165, 1.54) is 0 Å². The van der Waals surface area contributed by atoms with Crippen molar-refractivity contribution in [2.24, 2.45) is 0 Å². The summed E-state index contributed by atoms with van der Waals surface area (Å²) in [5.41, 5.74) is 0.940. The van der Waals surface area contributed by atoms with Gasteiger partial charge in [0.1, 0.15) is 6.54 Å². The lowest BCUT2D eigenvalue weighted by Crippen LogP contribution is -2.28. The minimum Gasteiger partial charge on any atom is -0.481 e. The third-order valence-corrected chi connectivity index (χ3v) is 3.17. The average Bonchev–Trinajstić information content (AvgIpc) is 2.77. The van der Waals surface area contributed by atoms with Crippen molar-refractivity contribution in [2.45, 2.75) is 19.4 Å². The summed E-state index contributed by atoms with van der Waals surface area (Å²) in [6.07, 6.45) is 2.33. The number of nitrogens with one attached hydrogen (secondary N) is 1. The van der Waals surface area contributed by atoms with Crippen molar-refractivity contribution in [1.29, 1.82) is 0 Å². The molecule has 1 heterocycles. The Morgan fingerprint density at radius 2 is 2.10 bits per heavy atom. The predicted molar refractivity (Wildman–Crippen MR) is 76.8 cm³/mol. The van der Waals surface area contributed by atoms with Crippen LogP contribution in [-0.2, 0) is 16.1 Å². The lowest BCUT2D eigenvalue weighted by molar-refractivity contribution is -0.137. The molecule has 2 rings (SSSR count). The number of aromatic nitrogens is 1. The summed E-state index contributed by atoms with van der Waals surface area (Å²) >= 11 is 5.91. The van der Waals surface area contributed by atoms with Crippen LogP contribution in [0, 0.1) is 0 Å². The van der Waals surface area contributed by atoms with Crippen molar-refractivity contribution in [1.82, 2.24) is 9.88 Å². The largest absolute Gasteiger partial charge is 0.481 e. The summed E-state index contributed by atoms with van der Waals surface area (Å²) in [6, 6.07) is 7.40. The summed E-state index contributed by atoms with van der Waals surface area (Å²) in [5, 5.41) is 12.8. The van der Waals surface area contributed by atoms with Crippen LogP contribution in [0.4, 0.5) is 0 Å². The second-order valence-corrected chi connectivity index (χ2v) is 4.93. The van der Waals surface area contributed by atoms with Crippen molar-refractivity contribution < 1.29 is 14.7 Å². The second kappa shape index (κ2) is 6.43. The molecule has 106 valence electrons. The number of carbonyl (C=O) groups excluding carboxylic acids is 1. The van der Waals surface area contributed by atoms with Crippen molar-refractivity contribution in [3.8, 4) is 0 Å². The number of halogens is 1. The molecule has 0 aliphatic heterocycles. The van der Waals surface area contributed by atoms with E-state index in [-0.39, 0.29) is 18.9 Å². The molecule has 0 aliphatic rings. The summed E-state index contributed by atoms with van der Waals surface area (Å²) in [5.74, 6) is -0.990. The van der Waals surface area contributed by atoms with Crippen LogP contribution >= 0.6 is 11.6 Å². The fraction of sp³-hybridized carbons (Fsp3) is 0.286. The van der Waals surface area contributed by atoms with Gasteiger partial charge in [0.2, 0.25) is 5.91 Å². The van der Waals surface area contributed by atoms with Gasteiger partial charge in [-0.3, -0.25) is 9.59 Å². The number of benzene rings is 1. The molecule has 5 nitrogen and oxygen atoms in total. The van der Waals surface area contributed by atoms with Crippen LogP contribution in [0.5, 0.6) is 0 Å². The van der Waals surface area contributed by atoms with E-state index in [0.717, 1.165) is 10.9 Å². The first-order chi connectivity index (χ1) is 9.56. The molecule has 0 spiro atoms. The smallest absolute Gasteiger partial charge is 0.303 e. The maximum absolute atomic E-state index is 11.8. The van der Waals surface area contributed by atoms with Crippen LogP contribution in [0.15, 0.2) is 30.5 Å². The molecule has 1 aromatic heterocycles. The van der Waals surface area contributed by atoms with Gasteiger partial charge in [-0.1, -0.05) is 11.6 Å². The topological polar surface area (TPSA) is 71.3 Å². The Hall–Kier alpha value is -2.01. The molecule has 0 aliphatic carbocycles. The fourth-order valence-electron chi connectivity index (χ4n) is 1.99. The van der Waals surface area contributed by atoms with Gasteiger partial charge in [-0.25, -0.2) is 0 Å². The highest BCUT2D eigenvalue weighted by Crippen LogP contribution is 2.20. The first kappa shape index (κ1) is 14.4. The maximum atomic E-state index is 11.8. The number of amides is 1. The molecule has 1 amide bonds. The molecule has 2 N–H and O–H groups in total. The van der Waals surface area contributed by atoms with Gasteiger partial charge in [0, 0.05) is 35.1 Å². The van der Waals surface area contributed by atoms with Gasteiger partial charge >= 0.3 is 5.97 Å². The molecule has 20 heavy (non-hydrogen) atoms. The van der Waals surface area contributed by atoms with Gasteiger partial charge in [0.05, 0.1) is 0 Å². The van der Waals surface area contributed by atoms with Crippen LogP contribution in [-0.4, -0.2) is 28.1 Å². The number of carboxylic acids is 1. The minimum atomic E-state index is -0.854. The molecular weight excluding hydrogens is 280 g/mol. The van der Waals surface area contributed by atoms with E-state index in [9.17, 15) is 9.59 Å². The number of hydrogen-bond acceptors (Lipinski definition) is 2. The van der Waals surface area contributed by atoms with Gasteiger partial charge in [0.15, 0.2) is 0 Å². The Bertz CT molecular complexity index is 636. The summed E-state index contributed by atoms with van der Waals surface area (Å²) in [7, 11) is 0. The molecule has 2 aromatic rings. The predicted octanol–water partition coefficient (Wildman–Crippen LogP) is 2.28. The van der Waals surface area contributed by atoms with Crippen LogP contribution < -0.4 is 5.32 Å². The van der Waals surface area contributed by atoms with Crippen LogP contribution in [0.3, 0.4) is 0 Å². The molecule has 0 saturated carbocycles. The normalized spacial score (nSPS) is 10.7. The van der Waals surface area contributed by atoms with Crippen molar-refractivity contribution in [2.75, 3.05) is 6.54 Å². The zero-order chi connectivity index (χ0) is 14.5. The lowest BCUT2D eigenvalue weighted by Gasteiger charge is -2.07. The van der Waals surface area contributed by atoms with E-state index < -0.39 is 5.97 Å². The molecule has 0 radical (unpaired) electrons. The Morgan fingerprint density at radius 3 is 2.85 bits per heavy atom. The Morgan fingerprint density at radius 1 is 1.30 bits per heavy atom. The lowest BCUT2D eigenvalue weighted by atomic mass is 10.2. The number of nitrogens with zero attached hydrogens (tertiary/aromatic N) is 1. The third-order valence-electron chi connectivity index (χ3n) is 2.94. The summed E-state index contributed by atoms with van der Waals surface area (Å²) in [4.78, 5) is 22.1. The van der Waals surface area contributed by atoms with Crippen molar-refractivity contribution in [3.63, 3.8) is 0 Å². The molecule has 6 heteroatoms. The van der Waals surface area contributed by atoms with Crippen molar-refractivity contribution >= 4 is 34.4 Å². The number of fused-ring (bicyclic) bond motifs is 1. The second-order valence-electron chi connectivity index (χ2n) is 4.49. The van der Waals surface area contributed by atoms with Gasteiger partial charge < -0.3 is 15.0 Å². The molecule has 0 atom stereocenters. The molecule has 0 fully saturated rings. The van der Waals surface area contributed by atoms with Gasteiger partial charge in [-0.05, 0) is 30.7 Å². The number of aliphatic carboxylic acids is 1. The van der Waals surface area contributed by atoms with E-state index in [2.05, 4.69) is 5.32 Å². The van der Waals surface area contributed by atoms with Crippen LogP contribution in [0.25, 0.3) is 10.9 Å². The minimum absolute atomic E-state index is 0.0607. The third kappa shape index (κ3) is 3.74. The van der Waals surface area contributed by atoms with E-state index in [4.69, 9.17) is 16.7 Å². The molecular formula is C14H15ClN2O3. The first-order valence-electron chi connectivity index (χ1n) is 6.29. The molecule has 1 aromatic carbocycles. The standard InChI is InChI=1S/C14H15ClN2O3/c15-11-3-4-12-10(8-11)5-7-17(12)9-13(18)16-6-1-2-14(19)20/h3-5,7-8H,1-2,6,9H2,(H,16,18)(H,19,20). The van der Waals surface area contributed by atoms with Crippen LogP contribution in [0.2, 0.25) is 5.02 Å². The monoisotopic (exact) mass is 294 g/mol. The molecule has 0 unspecified atom stereocenters. The van der Waals surface area contributed by atoms with E-state index >= 15 is 0 Å². The first-order valence-corrected chi connectivity index (χ1v) is 6.67.